The number of fused-ring (bicyclic) bond motifs is 2. The third kappa shape index (κ3) is 2.77. The number of aromatic nitrogens is 5. The minimum atomic E-state index is -0.440. The number of esters is 1. The largest absolute Gasteiger partial charge is 0.462 e. The lowest BCUT2D eigenvalue weighted by molar-refractivity contribution is -0.127. The molecule has 0 aromatic carbocycles. The number of carbonyl (C=O) groups is 2. The van der Waals surface area contributed by atoms with Crippen molar-refractivity contribution in [2.45, 2.75) is 20.0 Å². The van der Waals surface area contributed by atoms with Crippen molar-refractivity contribution in [3.05, 3.63) is 42.6 Å². The number of H-pyrrole nitrogens is 1. The molecule has 4 rings (SSSR count). The topological polar surface area (TPSA) is 106 Å². The molecule has 1 aliphatic heterocycles. The summed E-state index contributed by atoms with van der Waals surface area (Å²) in [6, 6.07) is 0. The molecule has 0 saturated heterocycles. The summed E-state index contributed by atoms with van der Waals surface area (Å²) in [5.74, 6) is -0.570. The van der Waals surface area contributed by atoms with Gasteiger partial charge in [-0.05, 0) is 13.0 Å². The van der Waals surface area contributed by atoms with E-state index >= 15 is 0 Å². The van der Waals surface area contributed by atoms with Crippen LogP contribution in [0.5, 0.6) is 0 Å². The van der Waals surface area contributed by atoms with Crippen LogP contribution in [0.25, 0.3) is 22.3 Å². The van der Waals surface area contributed by atoms with E-state index < -0.39 is 5.97 Å². The van der Waals surface area contributed by atoms with Crippen LogP contribution in [-0.2, 0) is 22.6 Å². The number of nitrogens with one attached hydrogen (secondary N) is 1. The van der Waals surface area contributed by atoms with E-state index in [1.54, 1.807) is 24.2 Å². The van der Waals surface area contributed by atoms with Crippen molar-refractivity contribution in [2.24, 2.45) is 0 Å². The number of aromatic amines is 1. The predicted octanol–water partition coefficient (Wildman–Crippen LogP) is 1.53. The zero-order valence-corrected chi connectivity index (χ0v) is 14.8. The molecular formula is C18H18N6O3. The average Bonchev–Trinajstić information content (AvgIpc) is 3.31. The molecule has 0 atom stereocenters. The van der Waals surface area contributed by atoms with Crippen LogP contribution in [0, 0.1) is 0 Å². The first-order chi connectivity index (χ1) is 13.1. The van der Waals surface area contributed by atoms with Crippen LogP contribution in [0.15, 0.2) is 31.4 Å². The van der Waals surface area contributed by atoms with Crippen molar-refractivity contribution in [1.82, 2.24) is 29.6 Å². The number of nitrogens with zero attached hydrogens (tertiary/aromatic N) is 5. The van der Waals surface area contributed by atoms with Gasteiger partial charge >= 0.3 is 5.97 Å². The van der Waals surface area contributed by atoms with Gasteiger partial charge in [-0.25, -0.2) is 14.8 Å². The molecule has 9 nitrogen and oxygen atoms in total. The number of hydrogen-bond acceptors (Lipinski definition) is 6. The maximum absolute atomic E-state index is 12.3. The summed E-state index contributed by atoms with van der Waals surface area (Å²) >= 11 is 0. The first-order valence-corrected chi connectivity index (χ1v) is 8.59. The van der Waals surface area contributed by atoms with E-state index in [-0.39, 0.29) is 12.5 Å². The van der Waals surface area contributed by atoms with Gasteiger partial charge in [-0.15, -0.1) is 0 Å². The van der Waals surface area contributed by atoms with Crippen LogP contribution in [0.2, 0.25) is 0 Å². The maximum Gasteiger partial charge on any atom is 0.340 e. The Morgan fingerprint density at radius 3 is 3.00 bits per heavy atom. The van der Waals surface area contributed by atoms with Crippen LogP contribution in [0.4, 0.5) is 0 Å². The normalized spacial score (nSPS) is 13.4. The second kappa shape index (κ2) is 6.67. The van der Waals surface area contributed by atoms with Gasteiger partial charge in [0.15, 0.2) is 0 Å². The number of amides is 1. The quantitative estimate of drug-likeness (QED) is 0.554. The Bertz CT molecular complexity index is 1050. The minimum absolute atomic E-state index is 0.130. The molecule has 0 fully saturated rings. The molecular weight excluding hydrogens is 348 g/mol. The van der Waals surface area contributed by atoms with Crippen LogP contribution in [-0.4, -0.2) is 54.7 Å². The lowest BCUT2D eigenvalue weighted by Gasteiger charge is -2.27. The molecule has 9 heteroatoms. The zero-order chi connectivity index (χ0) is 19.0. The van der Waals surface area contributed by atoms with E-state index in [1.165, 1.54) is 12.4 Å². The predicted molar refractivity (Wildman–Crippen MR) is 96.7 cm³/mol. The second-order valence-corrected chi connectivity index (χ2v) is 6.06. The van der Waals surface area contributed by atoms with Crippen LogP contribution < -0.4 is 0 Å². The van der Waals surface area contributed by atoms with Crippen molar-refractivity contribution >= 4 is 22.9 Å². The maximum atomic E-state index is 12.3. The molecule has 3 aromatic rings. The standard InChI is InChI=1S/C18H18N6O3/c1-3-14(25)23-5-6-24-13(9-23)11(8-22-24)16-15-12(18(26)27-4-2)7-19-17(15)21-10-20-16/h3,7-8,10H,1,4-6,9H2,2H3,(H,19,20,21). The van der Waals surface area contributed by atoms with Gasteiger partial charge in [-0.1, -0.05) is 6.58 Å². The zero-order valence-electron chi connectivity index (χ0n) is 14.8. The summed E-state index contributed by atoms with van der Waals surface area (Å²) in [6.07, 6.45) is 6.02. The molecule has 0 radical (unpaired) electrons. The number of ether oxygens (including phenoxy) is 1. The van der Waals surface area contributed by atoms with Crippen molar-refractivity contribution in [3.63, 3.8) is 0 Å². The lowest BCUT2D eigenvalue weighted by Crippen LogP contribution is -2.37. The molecule has 4 heterocycles. The Hall–Kier alpha value is -3.49. The third-order valence-electron chi connectivity index (χ3n) is 4.58. The fourth-order valence-electron chi connectivity index (χ4n) is 3.30. The molecule has 27 heavy (non-hydrogen) atoms. The summed E-state index contributed by atoms with van der Waals surface area (Å²) < 4.78 is 7.00. The third-order valence-corrected chi connectivity index (χ3v) is 4.58. The van der Waals surface area contributed by atoms with Crippen molar-refractivity contribution in [3.8, 4) is 11.3 Å². The van der Waals surface area contributed by atoms with E-state index in [9.17, 15) is 9.59 Å². The summed E-state index contributed by atoms with van der Waals surface area (Å²) in [5.41, 5.74) is 3.11. The van der Waals surface area contributed by atoms with Gasteiger partial charge in [0.2, 0.25) is 5.91 Å². The van der Waals surface area contributed by atoms with Crippen molar-refractivity contribution in [1.29, 1.82) is 0 Å². The first kappa shape index (κ1) is 17.0. The first-order valence-electron chi connectivity index (χ1n) is 8.59. The summed E-state index contributed by atoms with van der Waals surface area (Å²) in [4.78, 5) is 37.7. The van der Waals surface area contributed by atoms with Gasteiger partial charge in [-0.2, -0.15) is 5.10 Å². The number of carbonyl (C=O) groups excluding carboxylic acids is 2. The Labute approximate surface area is 154 Å². The molecule has 0 unspecified atom stereocenters. The highest BCUT2D eigenvalue weighted by Crippen LogP contribution is 2.32. The van der Waals surface area contributed by atoms with Gasteiger partial charge < -0.3 is 14.6 Å². The van der Waals surface area contributed by atoms with Gasteiger partial charge in [-0.3, -0.25) is 9.48 Å². The van der Waals surface area contributed by atoms with E-state index in [4.69, 9.17) is 4.74 Å². The van der Waals surface area contributed by atoms with Gasteiger partial charge in [0.25, 0.3) is 0 Å². The molecule has 0 aliphatic carbocycles. The highest BCUT2D eigenvalue weighted by molar-refractivity contribution is 6.08. The van der Waals surface area contributed by atoms with E-state index in [0.717, 1.165) is 11.3 Å². The Kier molecular flexibility index (Phi) is 4.19. The van der Waals surface area contributed by atoms with Crippen LogP contribution in [0.1, 0.15) is 23.0 Å². The Morgan fingerprint density at radius 1 is 1.37 bits per heavy atom. The summed E-state index contributed by atoms with van der Waals surface area (Å²) in [6.45, 7) is 7.12. The van der Waals surface area contributed by atoms with Crippen LogP contribution in [0.3, 0.4) is 0 Å². The summed E-state index contributed by atoms with van der Waals surface area (Å²) in [7, 11) is 0. The SMILES string of the molecule is C=CC(=O)N1CCn2ncc(-c3ncnc4[nH]cc(C(=O)OCC)c34)c2C1. The molecule has 138 valence electrons. The molecule has 0 saturated carbocycles. The van der Waals surface area contributed by atoms with Gasteiger partial charge in [0.05, 0.1) is 48.2 Å². The molecule has 1 N–H and O–H groups in total. The fourth-order valence-corrected chi connectivity index (χ4v) is 3.30. The van der Waals surface area contributed by atoms with Gasteiger partial charge in [0, 0.05) is 18.3 Å². The monoisotopic (exact) mass is 366 g/mol. The van der Waals surface area contributed by atoms with Crippen molar-refractivity contribution in [2.75, 3.05) is 13.2 Å². The summed E-state index contributed by atoms with van der Waals surface area (Å²) in [5, 5.41) is 5.00. The minimum Gasteiger partial charge on any atom is -0.462 e. The average molecular weight is 366 g/mol. The van der Waals surface area contributed by atoms with Crippen LogP contribution >= 0.6 is 0 Å². The number of hydrogen-bond donors (Lipinski definition) is 1. The van der Waals surface area contributed by atoms with E-state index in [2.05, 4.69) is 26.6 Å². The lowest BCUT2D eigenvalue weighted by atomic mass is 10.1. The molecule has 1 amide bonds. The Morgan fingerprint density at radius 2 is 2.22 bits per heavy atom. The van der Waals surface area contributed by atoms with Gasteiger partial charge in [0.1, 0.15) is 12.0 Å². The molecule has 3 aromatic heterocycles. The molecule has 0 bridgehead atoms. The Balaban J connectivity index is 1.84. The smallest absolute Gasteiger partial charge is 0.340 e. The highest BCUT2D eigenvalue weighted by atomic mass is 16.5. The molecule has 1 aliphatic rings. The molecule has 0 spiro atoms. The second-order valence-electron chi connectivity index (χ2n) is 6.06. The van der Waals surface area contributed by atoms with Crippen molar-refractivity contribution < 1.29 is 14.3 Å². The van der Waals surface area contributed by atoms with E-state index in [1.807, 2.05) is 4.68 Å². The van der Waals surface area contributed by atoms with E-state index in [0.29, 0.717) is 41.9 Å². The fraction of sp³-hybridized carbons (Fsp3) is 0.278. The highest BCUT2D eigenvalue weighted by Gasteiger charge is 2.26. The number of rotatable bonds is 4.